The summed E-state index contributed by atoms with van der Waals surface area (Å²) in [5, 5.41) is 18.6. The first-order chi connectivity index (χ1) is 9.73. The highest BCUT2D eigenvalue weighted by atomic mass is 16.4. The van der Waals surface area contributed by atoms with Crippen LogP contribution < -0.4 is 0 Å². The molecule has 0 unspecified atom stereocenters. The number of hydrogen-bond donors (Lipinski definition) is 2. The van der Waals surface area contributed by atoms with Crippen molar-refractivity contribution < 1.29 is 19.8 Å². The molecule has 0 aromatic carbocycles. The van der Waals surface area contributed by atoms with Crippen LogP contribution in [0.2, 0.25) is 0 Å². The fourth-order valence-corrected chi connectivity index (χ4v) is 2.31. The number of β-amino-alcohol motifs (C(OH)–C–C–N with tert-alkyl or cyclic N) is 1. The Morgan fingerprint density at radius 3 is 2.29 bits per heavy atom. The Kier molecular flexibility index (Phi) is 6.00. The number of hydrogen-bond acceptors (Lipinski definition) is 4. The highest BCUT2D eigenvalue weighted by Crippen LogP contribution is 2.10. The van der Waals surface area contributed by atoms with Crippen molar-refractivity contribution in [2.24, 2.45) is 0 Å². The maximum atomic E-state index is 12.2. The number of carboxylic acid groups (broad SMARTS) is 1. The number of carbonyl (C=O) groups excluding carboxylic acids is 1. The number of amides is 2. The van der Waals surface area contributed by atoms with E-state index in [1.54, 1.807) is 18.7 Å². The average molecular weight is 297 g/mol. The van der Waals surface area contributed by atoms with Gasteiger partial charge in [0.05, 0.1) is 12.1 Å². The molecule has 0 aromatic rings. The molecule has 0 aliphatic carbocycles. The number of aliphatic carboxylic acids is 1. The van der Waals surface area contributed by atoms with E-state index in [-0.39, 0.29) is 12.6 Å². The van der Waals surface area contributed by atoms with Crippen molar-refractivity contribution in [1.29, 1.82) is 0 Å². The molecule has 2 N–H and O–H groups in total. The number of terminal acetylenes is 1. The third kappa shape index (κ3) is 6.02. The minimum atomic E-state index is -1.08. The van der Waals surface area contributed by atoms with E-state index in [0.717, 1.165) is 4.90 Å². The van der Waals surface area contributed by atoms with Gasteiger partial charge in [0.2, 0.25) is 0 Å². The summed E-state index contributed by atoms with van der Waals surface area (Å²) in [6.45, 7) is 5.89. The number of rotatable bonds is 5. The van der Waals surface area contributed by atoms with Crippen LogP contribution in [-0.4, -0.2) is 88.3 Å². The SMILES string of the molecule is C#CCN(CC(=O)O)C(=O)N1CCN(CC(C)(C)O)CC1. The van der Waals surface area contributed by atoms with Crippen molar-refractivity contribution in [1.82, 2.24) is 14.7 Å². The van der Waals surface area contributed by atoms with Crippen molar-refractivity contribution in [3.8, 4) is 12.3 Å². The van der Waals surface area contributed by atoms with Gasteiger partial charge in [0.25, 0.3) is 0 Å². The van der Waals surface area contributed by atoms with Crippen LogP contribution in [0.4, 0.5) is 4.79 Å². The summed E-state index contributed by atoms with van der Waals surface area (Å²) in [5.74, 6) is 1.22. The molecule has 0 spiro atoms. The first-order valence-electron chi connectivity index (χ1n) is 6.87. The summed E-state index contributed by atoms with van der Waals surface area (Å²) >= 11 is 0. The molecule has 0 bridgehead atoms. The molecule has 0 radical (unpaired) electrons. The second-order valence-electron chi connectivity index (χ2n) is 5.81. The molecular weight excluding hydrogens is 274 g/mol. The van der Waals surface area contributed by atoms with E-state index in [2.05, 4.69) is 10.8 Å². The number of carbonyl (C=O) groups is 2. The van der Waals surface area contributed by atoms with Crippen LogP contribution >= 0.6 is 0 Å². The van der Waals surface area contributed by atoms with Gasteiger partial charge in [-0.2, -0.15) is 0 Å². The molecule has 2 amide bonds. The summed E-state index contributed by atoms with van der Waals surface area (Å²) in [4.78, 5) is 27.8. The fraction of sp³-hybridized carbons (Fsp3) is 0.714. The van der Waals surface area contributed by atoms with E-state index in [1.165, 1.54) is 0 Å². The number of nitrogens with zero attached hydrogens (tertiary/aromatic N) is 3. The molecule has 1 aliphatic heterocycles. The summed E-state index contributed by atoms with van der Waals surface area (Å²) in [6.07, 6.45) is 5.17. The lowest BCUT2D eigenvalue weighted by Gasteiger charge is -2.38. The molecule has 1 aliphatic rings. The van der Waals surface area contributed by atoms with Gasteiger partial charge >= 0.3 is 12.0 Å². The monoisotopic (exact) mass is 297 g/mol. The van der Waals surface area contributed by atoms with Gasteiger partial charge in [-0.25, -0.2) is 4.79 Å². The van der Waals surface area contributed by atoms with Crippen molar-refractivity contribution in [2.45, 2.75) is 19.4 Å². The Morgan fingerprint density at radius 1 is 1.29 bits per heavy atom. The molecular formula is C14H23N3O4. The first-order valence-corrected chi connectivity index (χ1v) is 6.87. The topological polar surface area (TPSA) is 84.3 Å². The lowest BCUT2D eigenvalue weighted by Crippen LogP contribution is -2.55. The van der Waals surface area contributed by atoms with Crippen LogP contribution in [0.3, 0.4) is 0 Å². The summed E-state index contributed by atoms with van der Waals surface area (Å²) in [6, 6.07) is -0.349. The van der Waals surface area contributed by atoms with Gasteiger partial charge in [0, 0.05) is 32.7 Å². The van der Waals surface area contributed by atoms with Crippen LogP contribution in [-0.2, 0) is 4.79 Å². The Hall–Kier alpha value is -1.78. The molecule has 0 saturated carbocycles. The Labute approximate surface area is 125 Å². The predicted molar refractivity (Wildman–Crippen MR) is 77.7 cm³/mol. The predicted octanol–water partition coefficient (Wildman–Crippen LogP) is -0.485. The number of urea groups is 1. The minimum absolute atomic E-state index is 0.0188. The van der Waals surface area contributed by atoms with Gasteiger partial charge in [0.15, 0.2) is 0 Å². The van der Waals surface area contributed by atoms with Gasteiger partial charge in [0.1, 0.15) is 6.54 Å². The van der Waals surface area contributed by atoms with Gasteiger partial charge in [-0.05, 0) is 13.8 Å². The Bertz CT molecular complexity index is 417. The highest BCUT2D eigenvalue weighted by Gasteiger charge is 2.28. The maximum absolute atomic E-state index is 12.2. The third-order valence-electron chi connectivity index (χ3n) is 3.13. The molecule has 0 aromatic heterocycles. The van der Waals surface area contributed by atoms with Crippen LogP contribution in [0, 0.1) is 12.3 Å². The second-order valence-corrected chi connectivity index (χ2v) is 5.81. The minimum Gasteiger partial charge on any atom is -0.480 e. The van der Waals surface area contributed by atoms with E-state index < -0.39 is 18.1 Å². The average Bonchev–Trinajstić information content (AvgIpc) is 2.36. The molecule has 118 valence electrons. The quantitative estimate of drug-likeness (QED) is 0.669. The molecule has 0 atom stereocenters. The summed E-state index contributed by atoms with van der Waals surface area (Å²) < 4.78 is 0. The van der Waals surface area contributed by atoms with Crippen molar-refractivity contribution in [3.63, 3.8) is 0 Å². The standard InChI is InChI=1S/C14H23N3O4/c1-4-5-17(10-12(18)19)13(20)16-8-6-15(7-9-16)11-14(2,3)21/h1,21H,5-11H2,2-3H3,(H,18,19). The maximum Gasteiger partial charge on any atom is 0.323 e. The van der Waals surface area contributed by atoms with Gasteiger partial charge in [-0.1, -0.05) is 5.92 Å². The fourth-order valence-electron chi connectivity index (χ4n) is 2.31. The van der Waals surface area contributed by atoms with Gasteiger partial charge in [-0.3, -0.25) is 9.69 Å². The van der Waals surface area contributed by atoms with E-state index in [9.17, 15) is 14.7 Å². The molecule has 1 heterocycles. The second kappa shape index (κ2) is 7.29. The zero-order valence-corrected chi connectivity index (χ0v) is 12.6. The third-order valence-corrected chi connectivity index (χ3v) is 3.13. The molecule has 1 rings (SSSR count). The number of piperazine rings is 1. The largest absolute Gasteiger partial charge is 0.480 e. The normalized spacial score (nSPS) is 16.4. The summed E-state index contributed by atoms with van der Waals surface area (Å²) in [7, 11) is 0. The van der Waals surface area contributed by atoms with Crippen LogP contribution in [0.5, 0.6) is 0 Å². The Morgan fingerprint density at radius 2 is 1.86 bits per heavy atom. The Balaban J connectivity index is 2.53. The molecule has 21 heavy (non-hydrogen) atoms. The van der Waals surface area contributed by atoms with Crippen LogP contribution in [0.25, 0.3) is 0 Å². The zero-order chi connectivity index (χ0) is 16.0. The van der Waals surface area contributed by atoms with E-state index in [0.29, 0.717) is 32.7 Å². The van der Waals surface area contributed by atoms with Crippen molar-refractivity contribution in [2.75, 3.05) is 45.8 Å². The van der Waals surface area contributed by atoms with Crippen LogP contribution in [0.15, 0.2) is 0 Å². The molecule has 7 nitrogen and oxygen atoms in total. The highest BCUT2D eigenvalue weighted by molar-refractivity contribution is 5.80. The number of carboxylic acids is 1. The van der Waals surface area contributed by atoms with Crippen molar-refractivity contribution >= 4 is 12.0 Å². The zero-order valence-electron chi connectivity index (χ0n) is 12.6. The smallest absolute Gasteiger partial charge is 0.323 e. The first kappa shape index (κ1) is 17.3. The van der Waals surface area contributed by atoms with Gasteiger partial charge in [-0.15, -0.1) is 6.42 Å². The molecule has 1 fully saturated rings. The van der Waals surface area contributed by atoms with Gasteiger partial charge < -0.3 is 20.0 Å². The van der Waals surface area contributed by atoms with E-state index in [4.69, 9.17) is 11.5 Å². The summed E-state index contributed by atoms with van der Waals surface area (Å²) in [5.41, 5.74) is -0.773. The lowest BCUT2D eigenvalue weighted by molar-refractivity contribution is -0.137. The molecule has 1 saturated heterocycles. The van der Waals surface area contributed by atoms with Crippen LogP contribution in [0.1, 0.15) is 13.8 Å². The van der Waals surface area contributed by atoms with E-state index in [1.807, 2.05) is 0 Å². The number of aliphatic hydroxyl groups is 1. The lowest BCUT2D eigenvalue weighted by atomic mass is 10.1. The van der Waals surface area contributed by atoms with E-state index >= 15 is 0 Å². The van der Waals surface area contributed by atoms with Crippen molar-refractivity contribution in [3.05, 3.63) is 0 Å². The molecule has 7 heteroatoms.